The van der Waals surface area contributed by atoms with E-state index in [1.165, 1.54) is 12.8 Å². The van der Waals surface area contributed by atoms with Gasteiger partial charge in [-0.1, -0.05) is 0 Å². The van der Waals surface area contributed by atoms with Gasteiger partial charge in [0.2, 0.25) is 0 Å². The Bertz CT molecular complexity index is 835. The van der Waals surface area contributed by atoms with Crippen LogP contribution in [-0.2, 0) is 0 Å². The van der Waals surface area contributed by atoms with Crippen LogP contribution in [0.25, 0.3) is 0 Å². The highest BCUT2D eigenvalue weighted by atomic mass is 16.5. The topological polar surface area (TPSA) is 71.5 Å². The van der Waals surface area contributed by atoms with E-state index >= 15 is 0 Å². The van der Waals surface area contributed by atoms with Gasteiger partial charge in [-0.2, -0.15) is 0 Å². The molecule has 4 heterocycles. The summed E-state index contributed by atoms with van der Waals surface area (Å²) in [5, 5.41) is 0. The molecule has 2 aliphatic rings. The van der Waals surface area contributed by atoms with Crippen molar-refractivity contribution in [2.75, 3.05) is 31.1 Å². The van der Waals surface area contributed by atoms with Crippen molar-refractivity contribution in [3.63, 3.8) is 0 Å². The molecule has 2 aliphatic heterocycles. The smallest absolute Gasteiger partial charge is 0.257 e. The van der Waals surface area contributed by atoms with Crippen LogP contribution in [0.4, 0.5) is 5.82 Å². The normalized spacial score (nSPS) is 19.6. The lowest BCUT2D eigenvalue weighted by molar-refractivity contribution is 0.0770. The minimum atomic E-state index is -0.0236. The summed E-state index contributed by atoms with van der Waals surface area (Å²) in [5.74, 6) is 2.39. The molecule has 2 aromatic heterocycles. The quantitative estimate of drug-likeness (QED) is 0.826. The molecule has 27 heavy (non-hydrogen) atoms. The summed E-state index contributed by atoms with van der Waals surface area (Å²) in [7, 11) is 0. The number of carbonyl (C=O) groups excluding carboxylic acids is 1. The minimum Gasteiger partial charge on any atom is -0.485 e. The fourth-order valence-electron chi connectivity index (χ4n) is 3.79. The Hall–Kier alpha value is -2.70. The molecule has 0 saturated carbocycles. The first-order chi connectivity index (χ1) is 13.1. The van der Waals surface area contributed by atoms with Gasteiger partial charge >= 0.3 is 0 Å². The number of nitrogens with zero attached hydrogens (tertiary/aromatic N) is 5. The number of likely N-dealkylation sites (tertiary alicyclic amines) is 1. The molecular formula is C20H25N5O2. The van der Waals surface area contributed by atoms with Crippen LogP contribution in [0.1, 0.15) is 41.1 Å². The molecular weight excluding hydrogens is 342 g/mol. The molecule has 4 rings (SSSR count). The molecule has 2 aromatic rings. The summed E-state index contributed by atoms with van der Waals surface area (Å²) in [5.41, 5.74) is 1.29. The second-order valence-electron chi connectivity index (χ2n) is 7.22. The molecule has 1 amide bonds. The third-order valence-corrected chi connectivity index (χ3v) is 5.21. The number of amides is 1. The summed E-state index contributed by atoms with van der Waals surface area (Å²) in [6.07, 6.45) is 6.61. The number of rotatable bonds is 4. The average molecular weight is 367 g/mol. The van der Waals surface area contributed by atoms with Crippen LogP contribution in [0, 0.1) is 13.8 Å². The Morgan fingerprint density at radius 2 is 2.00 bits per heavy atom. The maximum atomic E-state index is 12.8. The van der Waals surface area contributed by atoms with Crippen molar-refractivity contribution in [3.05, 3.63) is 41.6 Å². The maximum absolute atomic E-state index is 12.8. The number of anilines is 1. The molecule has 2 fully saturated rings. The van der Waals surface area contributed by atoms with Crippen LogP contribution >= 0.6 is 0 Å². The second-order valence-corrected chi connectivity index (χ2v) is 7.22. The SMILES string of the molecule is Cc1ncc(C(=O)N2CCC(Oc3cccnc3N3CCCC3)C2)c(C)n1. The van der Waals surface area contributed by atoms with Gasteiger partial charge in [0.15, 0.2) is 11.6 Å². The summed E-state index contributed by atoms with van der Waals surface area (Å²) >= 11 is 0. The van der Waals surface area contributed by atoms with Crippen molar-refractivity contribution in [1.82, 2.24) is 19.9 Å². The Labute approximate surface area is 159 Å². The highest BCUT2D eigenvalue weighted by Gasteiger charge is 2.30. The van der Waals surface area contributed by atoms with Crippen LogP contribution in [-0.4, -0.2) is 58.0 Å². The number of hydrogen-bond donors (Lipinski definition) is 0. The molecule has 0 aromatic carbocycles. The molecule has 0 radical (unpaired) electrons. The van der Waals surface area contributed by atoms with E-state index in [1.54, 1.807) is 6.20 Å². The molecule has 0 bridgehead atoms. The van der Waals surface area contributed by atoms with Crippen molar-refractivity contribution >= 4 is 11.7 Å². The zero-order valence-electron chi connectivity index (χ0n) is 15.9. The highest BCUT2D eigenvalue weighted by molar-refractivity contribution is 5.95. The molecule has 0 N–H and O–H groups in total. The predicted molar refractivity (Wildman–Crippen MR) is 102 cm³/mol. The van der Waals surface area contributed by atoms with E-state index in [2.05, 4.69) is 19.9 Å². The van der Waals surface area contributed by atoms with E-state index < -0.39 is 0 Å². The molecule has 0 aliphatic carbocycles. The fraction of sp³-hybridized carbons (Fsp3) is 0.500. The summed E-state index contributed by atoms with van der Waals surface area (Å²) in [6, 6.07) is 3.88. The Morgan fingerprint density at radius 3 is 2.78 bits per heavy atom. The van der Waals surface area contributed by atoms with Crippen LogP contribution in [0.3, 0.4) is 0 Å². The lowest BCUT2D eigenvalue weighted by atomic mass is 10.2. The lowest BCUT2D eigenvalue weighted by Gasteiger charge is -2.22. The number of hydrogen-bond acceptors (Lipinski definition) is 6. The third kappa shape index (κ3) is 3.72. The molecule has 2 saturated heterocycles. The minimum absolute atomic E-state index is 0.0221. The van der Waals surface area contributed by atoms with Crippen molar-refractivity contribution in [3.8, 4) is 5.75 Å². The van der Waals surface area contributed by atoms with E-state index in [0.29, 0.717) is 24.5 Å². The predicted octanol–water partition coefficient (Wildman–Crippen LogP) is 2.38. The average Bonchev–Trinajstić information content (AvgIpc) is 3.34. The first-order valence-corrected chi connectivity index (χ1v) is 9.58. The molecule has 142 valence electrons. The largest absolute Gasteiger partial charge is 0.485 e. The van der Waals surface area contributed by atoms with Gasteiger partial charge < -0.3 is 14.5 Å². The molecule has 7 heteroatoms. The van der Waals surface area contributed by atoms with Gasteiger partial charge in [0, 0.05) is 38.4 Å². The molecule has 1 atom stereocenters. The number of ether oxygens (including phenoxy) is 1. The third-order valence-electron chi connectivity index (χ3n) is 5.21. The highest BCUT2D eigenvalue weighted by Crippen LogP contribution is 2.30. The van der Waals surface area contributed by atoms with E-state index in [0.717, 1.165) is 36.8 Å². The Kier molecular flexibility index (Phi) is 4.92. The molecule has 0 spiro atoms. The van der Waals surface area contributed by atoms with Gasteiger partial charge in [-0.25, -0.2) is 15.0 Å². The van der Waals surface area contributed by atoms with Gasteiger partial charge in [0.1, 0.15) is 11.9 Å². The summed E-state index contributed by atoms with van der Waals surface area (Å²) in [6.45, 7) is 6.97. The van der Waals surface area contributed by atoms with Crippen molar-refractivity contribution in [2.24, 2.45) is 0 Å². The lowest BCUT2D eigenvalue weighted by Crippen LogP contribution is -2.32. The van der Waals surface area contributed by atoms with Crippen LogP contribution in [0.15, 0.2) is 24.5 Å². The van der Waals surface area contributed by atoms with Crippen LogP contribution in [0.5, 0.6) is 5.75 Å². The first-order valence-electron chi connectivity index (χ1n) is 9.58. The van der Waals surface area contributed by atoms with E-state index in [4.69, 9.17) is 4.74 Å². The van der Waals surface area contributed by atoms with Crippen LogP contribution < -0.4 is 9.64 Å². The Balaban J connectivity index is 1.44. The van der Waals surface area contributed by atoms with Crippen molar-refractivity contribution < 1.29 is 9.53 Å². The fourth-order valence-corrected chi connectivity index (χ4v) is 3.79. The number of aryl methyl sites for hydroxylation is 2. The number of aromatic nitrogens is 3. The van der Waals surface area contributed by atoms with Gasteiger partial charge in [-0.05, 0) is 38.8 Å². The molecule has 7 nitrogen and oxygen atoms in total. The number of pyridine rings is 1. The van der Waals surface area contributed by atoms with E-state index in [-0.39, 0.29) is 12.0 Å². The Morgan fingerprint density at radius 1 is 1.19 bits per heavy atom. The van der Waals surface area contributed by atoms with Gasteiger partial charge in [-0.15, -0.1) is 0 Å². The molecule has 1 unspecified atom stereocenters. The van der Waals surface area contributed by atoms with Crippen molar-refractivity contribution in [2.45, 2.75) is 39.2 Å². The monoisotopic (exact) mass is 367 g/mol. The zero-order valence-corrected chi connectivity index (χ0v) is 15.9. The van der Waals surface area contributed by atoms with Crippen molar-refractivity contribution in [1.29, 1.82) is 0 Å². The van der Waals surface area contributed by atoms with Crippen LogP contribution in [0.2, 0.25) is 0 Å². The summed E-state index contributed by atoms with van der Waals surface area (Å²) < 4.78 is 6.26. The van der Waals surface area contributed by atoms with Gasteiger partial charge in [-0.3, -0.25) is 4.79 Å². The standard InChI is InChI=1S/C20H25N5O2/c1-14-17(12-22-15(2)23-14)20(26)25-11-7-16(13-25)27-18-6-5-8-21-19(18)24-9-3-4-10-24/h5-6,8,12,16H,3-4,7,9-11,13H2,1-2H3. The second kappa shape index (κ2) is 7.50. The first kappa shape index (κ1) is 17.7. The number of carbonyl (C=O) groups is 1. The van der Waals surface area contributed by atoms with Gasteiger partial charge in [0.25, 0.3) is 5.91 Å². The van der Waals surface area contributed by atoms with E-state index in [9.17, 15) is 4.79 Å². The van der Waals surface area contributed by atoms with E-state index in [1.807, 2.05) is 37.1 Å². The van der Waals surface area contributed by atoms with Gasteiger partial charge in [0.05, 0.1) is 17.8 Å². The maximum Gasteiger partial charge on any atom is 0.257 e. The zero-order chi connectivity index (χ0) is 18.8. The summed E-state index contributed by atoms with van der Waals surface area (Å²) in [4.78, 5) is 29.9.